The summed E-state index contributed by atoms with van der Waals surface area (Å²) in [6.45, 7) is 0. The SMILES string of the molecule is COc1ccccc1-c1ncc(B(O)O)cc1Cl. The molecule has 0 bridgehead atoms. The Labute approximate surface area is 110 Å². The number of nitrogens with zero attached hydrogens (tertiary/aromatic N) is 1. The zero-order valence-corrected chi connectivity index (χ0v) is 10.4. The van der Waals surface area contributed by atoms with Crippen LogP contribution >= 0.6 is 11.6 Å². The lowest BCUT2D eigenvalue weighted by molar-refractivity contribution is 0.416. The van der Waals surface area contributed by atoms with E-state index in [1.165, 1.54) is 12.3 Å². The number of rotatable bonds is 3. The Morgan fingerprint density at radius 3 is 2.61 bits per heavy atom. The predicted octanol–water partition coefficient (Wildman–Crippen LogP) is 1.09. The van der Waals surface area contributed by atoms with E-state index in [4.69, 9.17) is 26.4 Å². The maximum Gasteiger partial charge on any atom is 0.490 e. The highest BCUT2D eigenvalue weighted by atomic mass is 35.5. The van der Waals surface area contributed by atoms with Gasteiger partial charge in [-0.1, -0.05) is 23.7 Å². The maximum absolute atomic E-state index is 9.04. The molecule has 2 rings (SSSR count). The number of aromatic nitrogens is 1. The molecule has 0 aliphatic carbocycles. The molecule has 2 aromatic rings. The van der Waals surface area contributed by atoms with Crippen molar-refractivity contribution in [3.8, 4) is 17.0 Å². The van der Waals surface area contributed by atoms with Crippen LogP contribution < -0.4 is 10.2 Å². The Morgan fingerprint density at radius 2 is 2.00 bits per heavy atom. The summed E-state index contributed by atoms with van der Waals surface area (Å²) in [6.07, 6.45) is 1.37. The second-order valence-corrected chi connectivity index (χ2v) is 4.08. The molecule has 2 N–H and O–H groups in total. The van der Waals surface area contributed by atoms with Crippen molar-refractivity contribution < 1.29 is 14.8 Å². The van der Waals surface area contributed by atoms with Gasteiger partial charge in [0.1, 0.15) is 5.75 Å². The van der Waals surface area contributed by atoms with Crippen LogP contribution in [0.5, 0.6) is 5.75 Å². The van der Waals surface area contributed by atoms with Gasteiger partial charge >= 0.3 is 7.12 Å². The molecule has 0 saturated heterocycles. The first-order chi connectivity index (χ1) is 8.63. The van der Waals surface area contributed by atoms with Gasteiger partial charge in [-0.25, -0.2) is 0 Å². The molecule has 18 heavy (non-hydrogen) atoms. The van der Waals surface area contributed by atoms with Gasteiger partial charge in [0.15, 0.2) is 0 Å². The minimum atomic E-state index is -1.58. The van der Waals surface area contributed by atoms with Crippen molar-refractivity contribution in [3.63, 3.8) is 0 Å². The number of pyridine rings is 1. The quantitative estimate of drug-likeness (QED) is 0.814. The highest BCUT2D eigenvalue weighted by Gasteiger charge is 2.16. The van der Waals surface area contributed by atoms with E-state index in [0.717, 1.165) is 5.56 Å². The number of para-hydroxylation sites is 1. The van der Waals surface area contributed by atoms with Crippen LogP contribution in [0.4, 0.5) is 0 Å². The molecule has 0 spiro atoms. The van der Waals surface area contributed by atoms with Gasteiger partial charge in [0.2, 0.25) is 0 Å². The van der Waals surface area contributed by atoms with Gasteiger partial charge in [-0.05, 0) is 18.2 Å². The average Bonchev–Trinajstić information content (AvgIpc) is 2.38. The third-order valence-electron chi connectivity index (χ3n) is 2.52. The zero-order chi connectivity index (χ0) is 13.1. The lowest BCUT2D eigenvalue weighted by Crippen LogP contribution is -2.30. The third kappa shape index (κ3) is 2.48. The molecule has 0 amide bonds. The lowest BCUT2D eigenvalue weighted by atomic mass is 9.81. The van der Waals surface area contributed by atoms with E-state index in [-0.39, 0.29) is 5.46 Å². The first kappa shape index (κ1) is 12.9. The topological polar surface area (TPSA) is 62.6 Å². The summed E-state index contributed by atoms with van der Waals surface area (Å²) in [5.74, 6) is 0.657. The molecule has 0 atom stereocenters. The summed E-state index contributed by atoms with van der Waals surface area (Å²) in [5, 5.41) is 18.4. The van der Waals surface area contributed by atoms with E-state index in [1.54, 1.807) is 7.11 Å². The van der Waals surface area contributed by atoms with Crippen LogP contribution in [0.3, 0.4) is 0 Å². The van der Waals surface area contributed by atoms with Gasteiger partial charge in [-0.3, -0.25) is 4.98 Å². The predicted molar refractivity (Wildman–Crippen MR) is 71.1 cm³/mol. The van der Waals surface area contributed by atoms with Crippen LogP contribution in [-0.2, 0) is 0 Å². The van der Waals surface area contributed by atoms with E-state index in [0.29, 0.717) is 16.5 Å². The molecule has 92 valence electrons. The minimum absolute atomic E-state index is 0.249. The van der Waals surface area contributed by atoms with Crippen molar-refractivity contribution >= 4 is 24.2 Å². The average molecular weight is 263 g/mol. The molecule has 0 saturated carbocycles. The van der Waals surface area contributed by atoms with Crippen LogP contribution in [0, 0.1) is 0 Å². The van der Waals surface area contributed by atoms with Crippen molar-refractivity contribution in [2.24, 2.45) is 0 Å². The summed E-state index contributed by atoms with van der Waals surface area (Å²) >= 11 is 6.10. The monoisotopic (exact) mass is 263 g/mol. The molecular weight excluding hydrogens is 252 g/mol. The van der Waals surface area contributed by atoms with E-state index >= 15 is 0 Å². The zero-order valence-electron chi connectivity index (χ0n) is 9.67. The Bertz CT molecular complexity index is 563. The van der Waals surface area contributed by atoms with E-state index < -0.39 is 7.12 Å². The van der Waals surface area contributed by atoms with Crippen molar-refractivity contribution in [1.29, 1.82) is 0 Å². The third-order valence-corrected chi connectivity index (χ3v) is 2.81. The molecule has 1 heterocycles. The van der Waals surface area contributed by atoms with Gasteiger partial charge in [-0.2, -0.15) is 0 Å². The van der Waals surface area contributed by atoms with Crippen LogP contribution in [0.2, 0.25) is 5.02 Å². The van der Waals surface area contributed by atoms with Gasteiger partial charge in [-0.15, -0.1) is 0 Å². The molecule has 0 radical (unpaired) electrons. The second-order valence-electron chi connectivity index (χ2n) is 3.67. The van der Waals surface area contributed by atoms with Crippen molar-refractivity contribution in [1.82, 2.24) is 4.98 Å². The molecule has 1 aromatic heterocycles. The molecule has 1 aromatic carbocycles. The molecular formula is C12H11BClNO3. The standard InChI is InChI=1S/C12H11BClNO3/c1-18-11-5-3-2-4-9(11)12-10(14)6-8(7-15-12)13(16)17/h2-7,16-17H,1H3. The molecule has 0 aliphatic heterocycles. The first-order valence-corrected chi connectivity index (χ1v) is 5.66. The van der Waals surface area contributed by atoms with Gasteiger partial charge in [0.25, 0.3) is 0 Å². The Kier molecular flexibility index (Phi) is 3.86. The minimum Gasteiger partial charge on any atom is -0.496 e. The van der Waals surface area contributed by atoms with Crippen molar-refractivity contribution in [3.05, 3.63) is 41.6 Å². The normalized spacial score (nSPS) is 10.2. The summed E-state index contributed by atoms with van der Waals surface area (Å²) in [4.78, 5) is 4.15. The number of ether oxygens (including phenoxy) is 1. The fraction of sp³-hybridized carbons (Fsp3) is 0.0833. The van der Waals surface area contributed by atoms with Crippen molar-refractivity contribution in [2.45, 2.75) is 0 Å². The van der Waals surface area contributed by atoms with Crippen molar-refractivity contribution in [2.75, 3.05) is 7.11 Å². The Balaban J connectivity index is 2.51. The number of hydrogen-bond acceptors (Lipinski definition) is 4. The largest absolute Gasteiger partial charge is 0.496 e. The lowest BCUT2D eigenvalue weighted by Gasteiger charge is -2.10. The Morgan fingerprint density at radius 1 is 1.28 bits per heavy atom. The highest BCUT2D eigenvalue weighted by Crippen LogP contribution is 2.32. The Hall–Kier alpha value is -1.56. The van der Waals surface area contributed by atoms with Gasteiger partial charge in [0.05, 0.1) is 17.8 Å². The maximum atomic E-state index is 9.04. The number of halogens is 1. The van der Waals surface area contributed by atoms with Crippen LogP contribution in [0.15, 0.2) is 36.5 Å². The number of methoxy groups -OCH3 is 1. The van der Waals surface area contributed by atoms with Crippen LogP contribution in [0.1, 0.15) is 0 Å². The molecule has 4 nitrogen and oxygen atoms in total. The van der Waals surface area contributed by atoms with Crippen LogP contribution in [-0.4, -0.2) is 29.3 Å². The highest BCUT2D eigenvalue weighted by molar-refractivity contribution is 6.59. The van der Waals surface area contributed by atoms with Crippen LogP contribution in [0.25, 0.3) is 11.3 Å². The molecule has 0 aliphatic rings. The van der Waals surface area contributed by atoms with Gasteiger partial charge < -0.3 is 14.8 Å². The fourth-order valence-electron chi connectivity index (χ4n) is 1.63. The summed E-state index contributed by atoms with van der Waals surface area (Å²) in [5.41, 5.74) is 1.54. The smallest absolute Gasteiger partial charge is 0.490 e. The molecule has 0 unspecified atom stereocenters. The van der Waals surface area contributed by atoms with E-state index in [1.807, 2.05) is 24.3 Å². The number of hydrogen-bond donors (Lipinski definition) is 2. The number of benzene rings is 1. The summed E-state index contributed by atoms with van der Waals surface area (Å²) in [7, 11) is -0.0137. The summed E-state index contributed by atoms with van der Waals surface area (Å²) in [6, 6.07) is 8.82. The fourth-order valence-corrected chi connectivity index (χ4v) is 1.91. The van der Waals surface area contributed by atoms with Gasteiger partial charge in [0, 0.05) is 17.2 Å². The van der Waals surface area contributed by atoms with E-state index in [9.17, 15) is 0 Å². The molecule has 0 fully saturated rings. The van der Waals surface area contributed by atoms with E-state index in [2.05, 4.69) is 4.98 Å². The second kappa shape index (κ2) is 5.39. The first-order valence-electron chi connectivity index (χ1n) is 5.28. The molecule has 6 heteroatoms. The summed E-state index contributed by atoms with van der Waals surface area (Å²) < 4.78 is 5.24.